The van der Waals surface area contributed by atoms with Crippen molar-refractivity contribution >= 4 is 0 Å². The average molecular weight is 260 g/mol. The van der Waals surface area contributed by atoms with Gasteiger partial charge in [-0.15, -0.1) is 0 Å². The molecule has 0 aliphatic carbocycles. The molecule has 0 bridgehead atoms. The van der Waals surface area contributed by atoms with E-state index in [2.05, 4.69) is 17.2 Å². The van der Waals surface area contributed by atoms with Gasteiger partial charge in [0.15, 0.2) is 5.82 Å². The van der Waals surface area contributed by atoms with Crippen LogP contribution in [-0.4, -0.2) is 12.0 Å². The number of pyridine rings is 1. The SMILES string of the molecule is CCc1cccc(Oc2nccc(CNC)c2F)c1. The number of aromatic nitrogens is 1. The normalized spacial score (nSPS) is 10.5. The molecule has 1 N–H and O–H groups in total. The predicted octanol–water partition coefficient (Wildman–Crippen LogP) is 3.29. The second-order valence-corrected chi connectivity index (χ2v) is 4.22. The maximum absolute atomic E-state index is 14.1. The molecule has 0 saturated carbocycles. The topological polar surface area (TPSA) is 34.1 Å². The highest BCUT2D eigenvalue weighted by Gasteiger charge is 2.11. The molecular formula is C15H17FN2O. The van der Waals surface area contributed by atoms with Crippen LogP contribution in [-0.2, 0) is 13.0 Å². The molecule has 100 valence electrons. The van der Waals surface area contributed by atoms with Crippen LogP contribution < -0.4 is 10.1 Å². The second-order valence-electron chi connectivity index (χ2n) is 4.22. The average Bonchev–Trinajstić information content (AvgIpc) is 2.44. The number of rotatable bonds is 5. The Balaban J connectivity index is 2.25. The number of aryl methyl sites for hydroxylation is 1. The van der Waals surface area contributed by atoms with Crippen molar-refractivity contribution in [1.82, 2.24) is 10.3 Å². The van der Waals surface area contributed by atoms with Crippen LogP contribution in [0, 0.1) is 5.82 Å². The van der Waals surface area contributed by atoms with Crippen LogP contribution in [0.5, 0.6) is 11.6 Å². The van der Waals surface area contributed by atoms with E-state index in [1.807, 2.05) is 18.2 Å². The molecule has 0 amide bonds. The van der Waals surface area contributed by atoms with Crippen molar-refractivity contribution in [2.45, 2.75) is 19.9 Å². The summed E-state index contributed by atoms with van der Waals surface area (Å²) in [5.74, 6) is 0.201. The van der Waals surface area contributed by atoms with E-state index in [0.717, 1.165) is 12.0 Å². The standard InChI is InChI=1S/C15H17FN2O/c1-3-11-5-4-6-13(9-11)19-15-14(16)12(10-17-2)7-8-18-15/h4-9,17H,3,10H2,1-2H3. The van der Waals surface area contributed by atoms with Crippen molar-refractivity contribution in [1.29, 1.82) is 0 Å². The number of halogens is 1. The molecule has 0 spiro atoms. The number of nitrogens with one attached hydrogen (secondary N) is 1. The van der Waals surface area contributed by atoms with Gasteiger partial charge in [0.05, 0.1) is 0 Å². The van der Waals surface area contributed by atoms with Gasteiger partial charge in [-0.2, -0.15) is 0 Å². The first kappa shape index (κ1) is 13.5. The third-order valence-corrected chi connectivity index (χ3v) is 2.83. The largest absolute Gasteiger partial charge is 0.436 e. The Kier molecular flexibility index (Phi) is 4.47. The van der Waals surface area contributed by atoms with E-state index >= 15 is 0 Å². The zero-order valence-electron chi connectivity index (χ0n) is 11.1. The lowest BCUT2D eigenvalue weighted by Crippen LogP contribution is -2.08. The Labute approximate surface area is 112 Å². The minimum atomic E-state index is -0.418. The Morgan fingerprint density at radius 1 is 1.32 bits per heavy atom. The van der Waals surface area contributed by atoms with E-state index in [4.69, 9.17) is 4.74 Å². The Morgan fingerprint density at radius 2 is 2.16 bits per heavy atom. The molecule has 2 aromatic rings. The van der Waals surface area contributed by atoms with Crippen molar-refractivity contribution in [3.05, 3.63) is 53.5 Å². The van der Waals surface area contributed by atoms with Crippen molar-refractivity contribution < 1.29 is 9.13 Å². The highest BCUT2D eigenvalue weighted by Crippen LogP contribution is 2.24. The number of hydrogen-bond acceptors (Lipinski definition) is 3. The Hall–Kier alpha value is -1.94. The Bertz CT molecular complexity index is 558. The third-order valence-electron chi connectivity index (χ3n) is 2.83. The molecule has 3 nitrogen and oxygen atoms in total. The van der Waals surface area contributed by atoms with Crippen molar-refractivity contribution in [2.24, 2.45) is 0 Å². The van der Waals surface area contributed by atoms with E-state index in [9.17, 15) is 4.39 Å². The summed E-state index contributed by atoms with van der Waals surface area (Å²) in [6, 6.07) is 9.23. The fourth-order valence-corrected chi connectivity index (χ4v) is 1.80. The summed E-state index contributed by atoms with van der Waals surface area (Å²) in [6.07, 6.45) is 2.46. The minimum Gasteiger partial charge on any atom is -0.436 e. The lowest BCUT2D eigenvalue weighted by molar-refractivity contribution is 0.417. The van der Waals surface area contributed by atoms with Gasteiger partial charge in [-0.05, 0) is 37.2 Å². The summed E-state index contributed by atoms with van der Waals surface area (Å²) in [5.41, 5.74) is 1.68. The highest BCUT2D eigenvalue weighted by atomic mass is 19.1. The molecule has 0 atom stereocenters. The molecular weight excluding hydrogens is 243 g/mol. The van der Waals surface area contributed by atoms with E-state index in [-0.39, 0.29) is 5.88 Å². The molecule has 0 unspecified atom stereocenters. The van der Waals surface area contributed by atoms with E-state index < -0.39 is 5.82 Å². The fourth-order valence-electron chi connectivity index (χ4n) is 1.80. The quantitative estimate of drug-likeness (QED) is 0.895. The molecule has 0 aliphatic rings. The number of ether oxygens (including phenoxy) is 1. The van der Waals surface area contributed by atoms with Crippen LogP contribution in [0.4, 0.5) is 4.39 Å². The fraction of sp³-hybridized carbons (Fsp3) is 0.267. The van der Waals surface area contributed by atoms with E-state index in [1.165, 1.54) is 0 Å². The van der Waals surface area contributed by atoms with Crippen LogP contribution in [0.25, 0.3) is 0 Å². The molecule has 1 aromatic carbocycles. The maximum Gasteiger partial charge on any atom is 0.256 e. The van der Waals surface area contributed by atoms with Crippen LogP contribution in [0.3, 0.4) is 0 Å². The van der Waals surface area contributed by atoms with Crippen molar-refractivity contribution in [2.75, 3.05) is 7.05 Å². The predicted molar refractivity (Wildman–Crippen MR) is 72.9 cm³/mol. The molecule has 0 aliphatic heterocycles. The van der Waals surface area contributed by atoms with Gasteiger partial charge < -0.3 is 10.1 Å². The molecule has 0 saturated heterocycles. The first-order chi connectivity index (χ1) is 9.24. The minimum absolute atomic E-state index is 0.0148. The third kappa shape index (κ3) is 3.29. The molecule has 4 heteroatoms. The van der Waals surface area contributed by atoms with Gasteiger partial charge in [-0.25, -0.2) is 9.37 Å². The number of hydrogen-bond donors (Lipinski definition) is 1. The Morgan fingerprint density at radius 3 is 2.89 bits per heavy atom. The summed E-state index contributed by atoms with van der Waals surface area (Å²) >= 11 is 0. The first-order valence-corrected chi connectivity index (χ1v) is 6.29. The molecule has 2 rings (SSSR count). The molecule has 1 heterocycles. The maximum atomic E-state index is 14.1. The lowest BCUT2D eigenvalue weighted by atomic mass is 10.2. The van der Waals surface area contributed by atoms with Gasteiger partial charge in [0.25, 0.3) is 5.88 Å². The first-order valence-electron chi connectivity index (χ1n) is 6.29. The number of nitrogens with zero attached hydrogens (tertiary/aromatic N) is 1. The van der Waals surface area contributed by atoms with E-state index in [1.54, 1.807) is 25.4 Å². The summed E-state index contributed by atoms with van der Waals surface area (Å²) < 4.78 is 19.6. The summed E-state index contributed by atoms with van der Waals surface area (Å²) in [4.78, 5) is 3.95. The van der Waals surface area contributed by atoms with Gasteiger partial charge in [0.1, 0.15) is 5.75 Å². The van der Waals surface area contributed by atoms with Crippen molar-refractivity contribution in [3.63, 3.8) is 0 Å². The molecule has 19 heavy (non-hydrogen) atoms. The van der Waals surface area contributed by atoms with Crippen LogP contribution in [0.2, 0.25) is 0 Å². The van der Waals surface area contributed by atoms with Gasteiger partial charge in [-0.3, -0.25) is 0 Å². The van der Waals surface area contributed by atoms with Gasteiger partial charge in [0, 0.05) is 18.3 Å². The second kappa shape index (κ2) is 6.29. The summed E-state index contributed by atoms with van der Waals surface area (Å²) in [5, 5.41) is 2.91. The monoisotopic (exact) mass is 260 g/mol. The van der Waals surface area contributed by atoms with E-state index in [0.29, 0.717) is 17.9 Å². The van der Waals surface area contributed by atoms with Crippen molar-refractivity contribution in [3.8, 4) is 11.6 Å². The van der Waals surface area contributed by atoms with Gasteiger partial charge in [0.2, 0.25) is 0 Å². The zero-order chi connectivity index (χ0) is 13.7. The van der Waals surface area contributed by atoms with Gasteiger partial charge in [-0.1, -0.05) is 19.1 Å². The lowest BCUT2D eigenvalue weighted by Gasteiger charge is -2.09. The zero-order valence-corrected chi connectivity index (χ0v) is 11.1. The smallest absolute Gasteiger partial charge is 0.256 e. The van der Waals surface area contributed by atoms with Crippen LogP contribution >= 0.6 is 0 Å². The summed E-state index contributed by atoms with van der Waals surface area (Å²) in [6.45, 7) is 2.51. The summed E-state index contributed by atoms with van der Waals surface area (Å²) in [7, 11) is 1.77. The van der Waals surface area contributed by atoms with Gasteiger partial charge >= 0.3 is 0 Å². The molecule has 1 aromatic heterocycles. The molecule has 0 fully saturated rings. The van der Waals surface area contributed by atoms with Crippen LogP contribution in [0.1, 0.15) is 18.1 Å². The van der Waals surface area contributed by atoms with Crippen LogP contribution in [0.15, 0.2) is 36.5 Å². The highest BCUT2D eigenvalue weighted by molar-refractivity contribution is 5.33. The number of benzene rings is 1. The molecule has 0 radical (unpaired) electrons.